The van der Waals surface area contributed by atoms with E-state index in [1.54, 1.807) is 0 Å². The first kappa shape index (κ1) is 67.3. The minimum Gasteiger partial charge on any atom is -0.453 e. The number of nitrogens with zero attached hydrogens (tertiary/aromatic N) is 2. The number of fused-ring (bicyclic) bond motifs is 8. The molecule has 0 radical (unpaired) electrons. The van der Waals surface area contributed by atoms with Crippen LogP contribution in [0, 0.1) is 0 Å². The molecule has 0 amide bonds. The zero-order chi connectivity index (χ0) is 73.4. The van der Waals surface area contributed by atoms with E-state index in [1.807, 2.05) is 6.07 Å². The molecule has 0 saturated carbocycles. The van der Waals surface area contributed by atoms with Crippen LogP contribution in [-0.2, 0) is 0 Å². The van der Waals surface area contributed by atoms with Crippen molar-refractivity contribution >= 4 is 131 Å². The highest BCUT2D eigenvalue weighted by atomic mass is 79.9. The summed E-state index contributed by atoms with van der Waals surface area (Å²) in [4.78, 5) is 4.57. The molecule has 0 saturated heterocycles. The van der Waals surface area contributed by atoms with E-state index in [0.717, 1.165) is 115 Å². The van der Waals surface area contributed by atoms with E-state index in [9.17, 15) is 0 Å². The van der Waals surface area contributed by atoms with Crippen LogP contribution in [0.4, 0.5) is 34.1 Å². The normalized spacial score (nSPS) is 11.4. The lowest BCUT2D eigenvalue weighted by Crippen LogP contribution is -2.10. The first-order chi connectivity index (χ1) is 54.4. The first-order valence-electron chi connectivity index (χ1n) is 37.1. The summed E-state index contributed by atoms with van der Waals surface area (Å²) in [6.07, 6.45) is 0. The van der Waals surface area contributed by atoms with Crippen molar-refractivity contribution in [1.29, 1.82) is 0 Å². The maximum Gasteiger partial charge on any atom is 0.160 e. The van der Waals surface area contributed by atoms with Gasteiger partial charge in [0.2, 0.25) is 0 Å². The Bertz CT molecular complexity index is 6760. The van der Waals surface area contributed by atoms with Crippen molar-refractivity contribution in [3.05, 3.63) is 421 Å². The van der Waals surface area contributed by atoms with E-state index in [1.165, 1.54) is 82.7 Å². The van der Waals surface area contributed by atoms with Gasteiger partial charge in [-0.2, -0.15) is 0 Å². The van der Waals surface area contributed by atoms with Crippen LogP contribution < -0.4 is 9.80 Å². The minimum absolute atomic E-state index is 0.805. The standard InChI is InChI=1S/C52H33Br2NO.C52H35NO/c53-46-30-29-45(38-22-20-37(21-23-38)43-17-9-10-18-44(43)40-24-19-35-13-7-8-14-39(35)33-40)51-49(46)50-47(54)31-32-48(52(50)56-51)55(41-15-5-2-6-16-41)42-27-25-36(26-28-42)34-11-3-1-4-12-34;1-3-13-36(14-4-1)38-31-33-44(34-32-38)53(43-17-5-2-6-18-43)50-24-12-23-49-48-22-11-21-47(51(48)54-52(49)50)40-28-26-39(27-29-40)45-19-9-10-20-46(45)42-30-25-37-15-7-8-16-41(37)35-42/h1-33H;1-35H. The van der Waals surface area contributed by atoms with Crippen molar-refractivity contribution in [1.82, 2.24) is 0 Å². The van der Waals surface area contributed by atoms with Gasteiger partial charge in [-0.1, -0.05) is 353 Å². The van der Waals surface area contributed by atoms with Crippen LogP contribution in [0.25, 0.3) is 154 Å². The summed E-state index contributed by atoms with van der Waals surface area (Å²) in [5.74, 6) is 0. The fourth-order valence-electron chi connectivity index (χ4n) is 15.7. The quantitative estimate of drug-likeness (QED) is 0.109. The Hall–Kier alpha value is -13.4. The summed E-state index contributed by atoms with van der Waals surface area (Å²) < 4.78 is 16.0. The molecule has 110 heavy (non-hydrogen) atoms. The Morgan fingerprint density at radius 1 is 0.182 bits per heavy atom. The Morgan fingerprint density at radius 2 is 0.491 bits per heavy atom. The zero-order valence-corrected chi connectivity index (χ0v) is 62.9. The number of halogens is 2. The highest BCUT2D eigenvalue weighted by molar-refractivity contribution is 9.11. The monoisotopic (exact) mass is 1530 g/mol. The first-order valence-corrected chi connectivity index (χ1v) is 38.6. The third-order valence-corrected chi connectivity index (χ3v) is 22.4. The van der Waals surface area contributed by atoms with Crippen molar-refractivity contribution < 1.29 is 8.83 Å². The Morgan fingerprint density at radius 3 is 0.964 bits per heavy atom. The molecule has 0 aliphatic heterocycles. The van der Waals surface area contributed by atoms with Gasteiger partial charge >= 0.3 is 0 Å². The van der Waals surface area contributed by atoms with Crippen molar-refractivity contribution in [2.45, 2.75) is 0 Å². The third-order valence-electron chi connectivity index (χ3n) is 21.1. The van der Waals surface area contributed by atoms with Crippen LogP contribution >= 0.6 is 31.9 Å². The number of hydrogen-bond donors (Lipinski definition) is 0. The summed E-state index contributed by atoms with van der Waals surface area (Å²) in [6.45, 7) is 0. The fraction of sp³-hybridized carbons (Fsp3) is 0. The van der Waals surface area contributed by atoms with E-state index in [2.05, 4.69) is 448 Å². The molecule has 20 rings (SSSR count). The van der Waals surface area contributed by atoms with E-state index in [-0.39, 0.29) is 0 Å². The van der Waals surface area contributed by atoms with Crippen LogP contribution in [-0.4, -0.2) is 0 Å². The molecule has 0 N–H and O–H groups in total. The van der Waals surface area contributed by atoms with Gasteiger partial charge in [0.1, 0.15) is 11.2 Å². The smallest absolute Gasteiger partial charge is 0.160 e. The summed E-state index contributed by atoms with van der Waals surface area (Å²) in [7, 11) is 0. The molecule has 0 spiro atoms. The van der Waals surface area contributed by atoms with Crippen molar-refractivity contribution in [3.8, 4) is 89.0 Å². The number of hydrogen-bond acceptors (Lipinski definition) is 4. The number of para-hydroxylation sites is 4. The molecule has 6 heteroatoms. The Kier molecular flexibility index (Phi) is 18.0. The summed E-state index contributed by atoms with van der Waals surface area (Å²) >= 11 is 7.83. The minimum atomic E-state index is 0.805. The molecular formula is C104H68Br2N2O2. The molecule has 0 bridgehead atoms. The molecule has 0 unspecified atom stereocenters. The summed E-state index contributed by atoms with van der Waals surface area (Å²) in [5, 5.41) is 9.22. The molecular weight excluding hydrogens is 1470 g/mol. The summed E-state index contributed by atoms with van der Waals surface area (Å²) in [5.41, 5.74) is 28.2. The van der Waals surface area contributed by atoms with Crippen molar-refractivity contribution in [2.24, 2.45) is 0 Å². The molecule has 18 aromatic carbocycles. The van der Waals surface area contributed by atoms with Crippen molar-refractivity contribution in [3.63, 3.8) is 0 Å². The molecule has 0 aliphatic carbocycles. The van der Waals surface area contributed by atoms with E-state index in [4.69, 9.17) is 8.83 Å². The van der Waals surface area contributed by atoms with Crippen LogP contribution in [0.1, 0.15) is 0 Å². The van der Waals surface area contributed by atoms with Gasteiger partial charge in [-0.05, 0) is 190 Å². The van der Waals surface area contributed by atoms with Crippen LogP contribution in [0.3, 0.4) is 0 Å². The molecule has 0 aliphatic rings. The van der Waals surface area contributed by atoms with Gasteiger partial charge in [-0.25, -0.2) is 0 Å². The van der Waals surface area contributed by atoms with Crippen LogP contribution in [0.15, 0.2) is 430 Å². The largest absolute Gasteiger partial charge is 0.453 e. The predicted octanol–water partition coefficient (Wildman–Crippen LogP) is 31.3. The predicted molar refractivity (Wildman–Crippen MR) is 471 cm³/mol. The topological polar surface area (TPSA) is 32.8 Å². The van der Waals surface area contributed by atoms with Gasteiger partial charge in [-0.15, -0.1) is 0 Å². The molecule has 20 aromatic rings. The molecule has 0 fully saturated rings. The van der Waals surface area contributed by atoms with Gasteiger partial charge in [0, 0.05) is 64.4 Å². The lowest BCUT2D eigenvalue weighted by atomic mass is 9.92. The van der Waals surface area contributed by atoms with Crippen LogP contribution in [0.2, 0.25) is 0 Å². The molecule has 0 atom stereocenters. The lowest BCUT2D eigenvalue weighted by Gasteiger charge is -2.26. The highest BCUT2D eigenvalue weighted by Gasteiger charge is 2.26. The van der Waals surface area contributed by atoms with Gasteiger partial charge in [0.25, 0.3) is 0 Å². The lowest BCUT2D eigenvalue weighted by molar-refractivity contribution is 0.669. The van der Waals surface area contributed by atoms with Crippen molar-refractivity contribution in [2.75, 3.05) is 9.80 Å². The molecule has 2 heterocycles. The van der Waals surface area contributed by atoms with Gasteiger partial charge in [0.15, 0.2) is 11.2 Å². The number of anilines is 6. The third kappa shape index (κ3) is 12.8. The van der Waals surface area contributed by atoms with Gasteiger partial charge < -0.3 is 18.6 Å². The molecule has 520 valence electrons. The van der Waals surface area contributed by atoms with Gasteiger partial charge in [0.05, 0.1) is 11.4 Å². The second-order valence-corrected chi connectivity index (χ2v) is 29.4. The second kappa shape index (κ2) is 29.4. The number of benzene rings is 18. The maximum absolute atomic E-state index is 7.07. The number of rotatable bonds is 14. The average molecular weight is 1540 g/mol. The van der Waals surface area contributed by atoms with Gasteiger partial charge in [-0.3, -0.25) is 0 Å². The maximum atomic E-state index is 7.07. The SMILES string of the molecule is Brc1ccc(-c2ccc(-c3ccccc3-c3ccc4ccccc4c3)cc2)c2oc3c(N(c4ccccc4)c4ccc(-c5ccccc5)cc4)ccc(Br)c3c12.c1ccc(-c2ccc(N(c3ccccc3)c3cccc4c3oc3c(-c5ccc(-c6ccccc6-c6ccc7ccccc7c6)cc5)cccc34)cc2)cc1. The Labute approximate surface area is 655 Å². The van der Waals surface area contributed by atoms with E-state index in [0.29, 0.717) is 0 Å². The summed E-state index contributed by atoms with van der Waals surface area (Å²) in [6, 6.07) is 147. The van der Waals surface area contributed by atoms with Crippen LogP contribution in [0.5, 0.6) is 0 Å². The highest BCUT2D eigenvalue weighted by Crippen LogP contribution is 2.50. The number of furan rings is 2. The Balaban J connectivity index is 0.000000149. The second-order valence-electron chi connectivity index (χ2n) is 27.6. The fourth-order valence-corrected chi connectivity index (χ4v) is 16.7. The van der Waals surface area contributed by atoms with E-state index >= 15 is 0 Å². The average Bonchev–Trinajstić information content (AvgIpc) is 1.58. The zero-order valence-electron chi connectivity index (χ0n) is 59.7. The molecule has 4 nitrogen and oxygen atoms in total. The van der Waals surface area contributed by atoms with E-state index < -0.39 is 0 Å². The molecule has 2 aromatic heterocycles.